The second kappa shape index (κ2) is 8.88. The molecule has 3 aromatic rings. The molecule has 1 N–H and O–H groups in total. The van der Waals surface area contributed by atoms with Gasteiger partial charge in [0.2, 0.25) is 5.91 Å². The van der Waals surface area contributed by atoms with Gasteiger partial charge in [-0.05, 0) is 56.2 Å². The minimum Gasteiger partial charge on any atom is -0.351 e. The van der Waals surface area contributed by atoms with E-state index in [2.05, 4.69) is 10.3 Å². The van der Waals surface area contributed by atoms with E-state index >= 15 is 0 Å². The zero-order chi connectivity index (χ0) is 23.0. The second-order valence-corrected chi connectivity index (χ2v) is 11.9. The van der Waals surface area contributed by atoms with Crippen LogP contribution in [0.2, 0.25) is 5.02 Å². The normalized spacial score (nSPS) is 18.5. The van der Waals surface area contributed by atoms with Gasteiger partial charge >= 0.3 is 0 Å². The van der Waals surface area contributed by atoms with Crippen molar-refractivity contribution < 1.29 is 13.2 Å². The summed E-state index contributed by atoms with van der Waals surface area (Å²) in [6.45, 7) is 3.64. The van der Waals surface area contributed by atoms with Gasteiger partial charge in [-0.25, -0.2) is 13.4 Å². The van der Waals surface area contributed by atoms with Crippen LogP contribution in [0.15, 0.2) is 52.4 Å². The minimum atomic E-state index is -3.10. The number of amides is 1. The van der Waals surface area contributed by atoms with Crippen molar-refractivity contribution in [3.63, 3.8) is 0 Å². The molecule has 10 heteroatoms. The van der Waals surface area contributed by atoms with E-state index in [9.17, 15) is 18.0 Å². The van der Waals surface area contributed by atoms with Crippen LogP contribution in [-0.2, 0) is 14.6 Å². The molecule has 1 aromatic heterocycles. The fourth-order valence-electron chi connectivity index (χ4n) is 3.65. The number of nitrogens with one attached hydrogen (secondary N) is 1. The number of aromatic nitrogens is 2. The summed E-state index contributed by atoms with van der Waals surface area (Å²) < 4.78 is 24.9. The summed E-state index contributed by atoms with van der Waals surface area (Å²) in [5.41, 5.74) is 1.82. The Labute approximate surface area is 195 Å². The van der Waals surface area contributed by atoms with E-state index < -0.39 is 21.1 Å². The van der Waals surface area contributed by atoms with E-state index in [0.29, 0.717) is 33.2 Å². The first-order valence-corrected chi connectivity index (χ1v) is 13.2. The zero-order valence-electron chi connectivity index (χ0n) is 17.5. The highest BCUT2D eigenvalue weighted by Crippen LogP contribution is 2.27. The molecular formula is C22H22ClN3O4S2. The van der Waals surface area contributed by atoms with Gasteiger partial charge in [-0.3, -0.25) is 14.2 Å². The predicted molar refractivity (Wildman–Crippen MR) is 128 cm³/mol. The molecule has 1 aliphatic rings. The number of aryl methyl sites for hydroxylation is 1. The highest BCUT2D eigenvalue weighted by Gasteiger charge is 2.30. The van der Waals surface area contributed by atoms with Gasteiger partial charge in [0.05, 0.1) is 33.3 Å². The van der Waals surface area contributed by atoms with E-state index in [4.69, 9.17) is 11.6 Å². The molecule has 4 rings (SSSR count). The number of carbonyl (C=O) groups is 1. The molecule has 0 saturated carbocycles. The number of hydrogen-bond donors (Lipinski definition) is 1. The molecule has 2 aromatic carbocycles. The standard InChI is InChI=1S/C22H22ClN3O4S2/c1-13-4-3-5-17(10-13)26-21(28)18-7-6-15(23)11-19(18)25-22(26)31-14(2)20(27)24-16-8-9-32(29,30)12-16/h3-7,10-11,14,16H,8-9,12H2,1-2H3,(H,24,27). The van der Waals surface area contributed by atoms with Gasteiger partial charge in [0.1, 0.15) is 0 Å². The van der Waals surface area contributed by atoms with Crippen LogP contribution in [-0.4, -0.2) is 46.7 Å². The van der Waals surface area contributed by atoms with E-state index in [1.807, 2.05) is 31.2 Å². The molecule has 0 spiro atoms. The summed E-state index contributed by atoms with van der Waals surface area (Å²) in [6, 6.07) is 12.0. The lowest BCUT2D eigenvalue weighted by Gasteiger charge is -2.18. The van der Waals surface area contributed by atoms with Crippen molar-refractivity contribution in [3.05, 3.63) is 63.4 Å². The summed E-state index contributed by atoms with van der Waals surface area (Å²) in [5.74, 6) is -0.260. The maximum atomic E-state index is 13.4. The maximum Gasteiger partial charge on any atom is 0.266 e. The van der Waals surface area contributed by atoms with Crippen molar-refractivity contribution in [1.82, 2.24) is 14.9 Å². The Balaban J connectivity index is 1.71. The monoisotopic (exact) mass is 491 g/mol. The molecule has 1 saturated heterocycles. The SMILES string of the molecule is Cc1cccc(-n2c(SC(C)C(=O)NC3CCS(=O)(=O)C3)nc3cc(Cl)ccc3c2=O)c1. The van der Waals surface area contributed by atoms with Crippen LogP contribution in [0.5, 0.6) is 0 Å². The Bertz CT molecular complexity index is 1370. The Kier molecular flexibility index (Phi) is 6.33. The van der Waals surface area contributed by atoms with E-state index in [0.717, 1.165) is 17.3 Å². The number of fused-ring (bicyclic) bond motifs is 1. The first-order chi connectivity index (χ1) is 15.1. The van der Waals surface area contributed by atoms with E-state index in [-0.39, 0.29) is 23.0 Å². The van der Waals surface area contributed by atoms with Crippen molar-refractivity contribution >= 4 is 50.0 Å². The number of carbonyl (C=O) groups excluding carboxylic acids is 1. The van der Waals surface area contributed by atoms with Gasteiger partial charge in [0.15, 0.2) is 15.0 Å². The van der Waals surface area contributed by atoms with Crippen molar-refractivity contribution in [3.8, 4) is 5.69 Å². The van der Waals surface area contributed by atoms with Crippen LogP contribution in [0, 0.1) is 6.92 Å². The van der Waals surface area contributed by atoms with Gasteiger partial charge < -0.3 is 5.32 Å². The quantitative estimate of drug-likeness (QED) is 0.435. The Morgan fingerprint density at radius 1 is 1.28 bits per heavy atom. The third-order valence-electron chi connectivity index (χ3n) is 5.29. The fraction of sp³-hybridized carbons (Fsp3) is 0.318. The topological polar surface area (TPSA) is 98.1 Å². The average Bonchev–Trinajstić information content (AvgIpc) is 3.06. The number of benzene rings is 2. The molecule has 2 unspecified atom stereocenters. The molecule has 32 heavy (non-hydrogen) atoms. The minimum absolute atomic E-state index is 0.0448. The lowest BCUT2D eigenvalue weighted by Crippen LogP contribution is -2.40. The van der Waals surface area contributed by atoms with E-state index in [1.165, 1.54) is 4.57 Å². The summed E-state index contributed by atoms with van der Waals surface area (Å²) in [5, 5.41) is 3.45. The van der Waals surface area contributed by atoms with Gasteiger partial charge in [-0.2, -0.15) is 0 Å². The van der Waals surface area contributed by atoms with Gasteiger partial charge in [-0.15, -0.1) is 0 Å². The Morgan fingerprint density at radius 2 is 2.06 bits per heavy atom. The number of rotatable bonds is 5. The highest BCUT2D eigenvalue weighted by molar-refractivity contribution is 8.00. The fourth-order valence-corrected chi connectivity index (χ4v) is 6.43. The molecular weight excluding hydrogens is 470 g/mol. The molecule has 1 amide bonds. The summed E-state index contributed by atoms with van der Waals surface area (Å²) in [6.07, 6.45) is 0.409. The van der Waals surface area contributed by atoms with Crippen LogP contribution < -0.4 is 10.9 Å². The molecule has 2 atom stereocenters. The Morgan fingerprint density at radius 3 is 2.75 bits per heavy atom. The van der Waals surface area contributed by atoms with Crippen molar-refractivity contribution in [2.75, 3.05) is 11.5 Å². The van der Waals surface area contributed by atoms with Crippen molar-refractivity contribution in [2.45, 2.75) is 36.7 Å². The van der Waals surface area contributed by atoms with Gasteiger partial charge in [0, 0.05) is 11.1 Å². The van der Waals surface area contributed by atoms with Crippen molar-refractivity contribution in [1.29, 1.82) is 0 Å². The number of halogens is 1. The van der Waals surface area contributed by atoms with Crippen LogP contribution in [0.1, 0.15) is 18.9 Å². The largest absolute Gasteiger partial charge is 0.351 e. The van der Waals surface area contributed by atoms with Crippen LogP contribution in [0.3, 0.4) is 0 Å². The summed E-state index contributed by atoms with van der Waals surface area (Å²) >= 11 is 7.25. The van der Waals surface area contributed by atoms with Crippen LogP contribution >= 0.6 is 23.4 Å². The molecule has 0 radical (unpaired) electrons. The first kappa shape index (κ1) is 22.8. The maximum absolute atomic E-state index is 13.4. The number of thioether (sulfide) groups is 1. The summed E-state index contributed by atoms with van der Waals surface area (Å²) in [4.78, 5) is 30.8. The first-order valence-electron chi connectivity index (χ1n) is 10.1. The third kappa shape index (κ3) is 4.84. The third-order valence-corrected chi connectivity index (χ3v) is 8.35. The van der Waals surface area contributed by atoms with E-state index in [1.54, 1.807) is 25.1 Å². The van der Waals surface area contributed by atoms with Crippen molar-refractivity contribution in [2.24, 2.45) is 0 Å². The average molecular weight is 492 g/mol. The predicted octanol–water partition coefficient (Wildman–Crippen LogP) is 3.13. The lowest BCUT2D eigenvalue weighted by molar-refractivity contribution is -0.120. The lowest BCUT2D eigenvalue weighted by atomic mass is 10.2. The summed E-state index contributed by atoms with van der Waals surface area (Å²) in [7, 11) is -3.10. The molecule has 7 nitrogen and oxygen atoms in total. The number of hydrogen-bond acceptors (Lipinski definition) is 6. The van der Waals surface area contributed by atoms with Crippen LogP contribution in [0.25, 0.3) is 16.6 Å². The number of sulfone groups is 1. The number of nitrogens with zero attached hydrogens (tertiary/aromatic N) is 2. The molecule has 1 aliphatic heterocycles. The zero-order valence-corrected chi connectivity index (χ0v) is 19.9. The van der Waals surface area contributed by atoms with Gasteiger partial charge in [0.25, 0.3) is 5.56 Å². The Hall–Kier alpha value is -2.36. The second-order valence-electron chi connectivity index (χ2n) is 7.90. The molecule has 2 heterocycles. The van der Waals surface area contributed by atoms with Gasteiger partial charge in [-0.1, -0.05) is 35.5 Å². The highest BCUT2D eigenvalue weighted by atomic mass is 35.5. The molecule has 168 valence electrons. The molecule has 0 aliphatic carbocycles. The van der Waals surface area contributed by atoms with Crippen LogP contribution in [0.4, 0.5) is 0 Å². The smallest absolute Gasteiger partial charge is 0.266 e. The molecule has 0 bridgehead atoms. The molecule has 1 fully saturated rings.